The molecule has 0 aliphatic carbocycles. The molecule has 0 bridgehead atoms. The molecule has 1 heterocycles. The zero-order valence-electron chi connectivity index (χ0n) is 10.2. The highest BCUT2D eigenvalue weighted by Gasteiger charge is 2.27. The van der Waals surface area contributed by atoms with Gasteiger partial charge in [-0.05, 0) is 13.0 Å². The highest BCUT2D eigenvalue weighted by atomic mass is 19.2. The molecule has 0 aromatic heterocycles. The number of nitrogens with zero attached hydrogens (tertiary/aromatic N) is 1. The molecule has 1 atom stereocenters. The van der Waals surface area contributed by atoms with Gasteiger partial charge in [0.1, 0.15) is 0 Å². The molecule has 2 rings (SSSR count). The molecule has 0 spiro atoms. The summed E-state index contributed by atoms with van der Waals surface area (Å²) in [4.78, 5) is 13.4. The van der Waals surface area contributed by atoms with Gasteiger partial charge in [-0.15, -0.1) is 0 Å². The van der Waals surface area contributed by atoms with Crippen LogP contribution in [0.2, 0.25) is 0 Å². The van der Waals surface area contributed by atoms with E-state index in [9.17, 15) is 18.0 Å². The van der Waals surface area contributed by atoms with Gasteiger partial charge in [-0.3, -0.25) is 4.79 Å². The third-order valence-electron chi connectivity index (χ3n) is 3.02. The standard InChI is InChI=1S/C12H13F3N2O2/c1-6-5-17(3-2-16-6)12(19)7-4-8(13)10(15)11(18)9(7)14/h4,6,16,18H,2-3,5H2,1H3/t6-/m0/s1. The minimum atomic E-state index is -1.69. The van der Waals surface area contributed by atoms with Crippen LogP contribution in [0.1, 0.15) is 17.3 Å². The van der Waals surface area contributed by atoms with E-state index >= 15 is 0 Å². The first-order valence-corrected chi connectivity index (χ1v) is 5.81. The molecule has 1 saturated heterocycles. The van der Waals surface area contributed by atoms with Crippen LogP contribution in [0.5, 0.6) is 5.75 Å². The van der Waals surface area contributed by atoms with Crippen molar-refractivity contribution >= 4 is 5.91 Å². The van der Waals surface area contributed by atoms with E-state index in [1.54, 1.807) is 0 Å². The van der Waals surface area contributed by atoms with Crippen LogP contribution in [0.3, 0.4) is 0 Å². The fourth-order valence-electron chi connectivity index (χ4n) is 2.03. The SMILES string of the molecule is C[C@H]1CN(C(=O)c2cc(F)c(F)c(O)c2F)CCN1. The lowest BCUT2D eigenvalue weighted by Crippen LogP contribution is -2.51. The summed E-state index contributed by atoms with van der Waals surface area (Å²) in [6, 6.07) is 0.499. The van der Waals surface area contributed by atoms with E-state index in [0.29, 0.717) is 25.7 Å². The molecule has 0 radical (unpaired) electrons. The molecule has 2 N–H and O–H groups in total. The van der Waals surface area contributed by atoms with E-state index in [0.717, 1.165) is 0 Å². The summed E-state index contributed by atoms with van der Waals surface area (Å²) in [7, 11) is 0. The van der Waals surface area contributed by atoms with Crippen molar-refractivity contribution < 1.29 is 23.1 Å². The maximum absolute atomic E-state index is 13.6. The Bertz CT molecular complexity index is 522. The number of aromatic hydroxyl groups is 1. The highest BCUT2D eigenvalue weighted by molar-refractivity contribution is 5.95. The van der Waals surface area contributed by atoms with Crippen LogP contribution in [0.25, 0.3) is 0 Å². The van der Waals surface area contributed by atoms with Gasteiger partial charge in [0.05, 0.1) is 5.56 Å². The highest BCUT2D eigenvalue weighted by Crippen LogP contribution is 2.26. The van der Waals surface area contributed by atoms with E-state index in [2.05, 4.69) is 5.32 Å². The lowest BCUT2D eigenvalue weighted by atomic mass is 10.1. The maximum Gasteiger partial charge on any atom is 0.257 e. The summed E-state index contributed by atoms with van der Waals surface area (Å²) >= 11 is 0. The Morgan fingerprint density at radius 1 is 1.42 bits per heavy atom. The molecule has 104 valence electrons. The minimum absolute atomic E-state index is 0.0275. The van der Waals surface area contributed by atoms with Crippen molar-refractivity contribution in [1.82, 2.24) is 10.2 Å². The zero-order valence-corrected chi connectivity index (χ0v) is 10.2. The van der Waals surface area contributed by atoms with E-state index in [4.69, 9.17) is 5.11 Å². The Hall–Kier alpha value is -1.76. The average Bonchev–Trinajstić information content (AvgIpc) is 2.40. The molecule has 19 heavy (non-hydrogen) atoms. The molecule has 0 unspecified atom stereocenters. The summed E-state index contributed by atoms with van der Waals surface area (Å²) in [6.07, 6.45) is 0. The maximum atomic E-state index is 13.6. The summed E-state index contributed by atoms with van der Waals surface area (Å²) in [5.74, 6) is -6.81. The Morgan fingerprint density at radius 3 is 2.74 bits per heavy atom. The fraction of sp³-hybridized carbons (Fsp3) is 0.417. The Kier molecular flexibility index (Phi) is 3.66. The third-order valence-corrected chi connectivity index (χ3v) is 3.02. The normalized spacial score (nSPS) is 19.6. The minimum Gasteiger partial charge on any atom is -0.503 e. The molecule has 1 aromatic carbocycles. The fourth-order valence-corrected chi connectivity index (χ4v) is 2.03. The predicted molar refractivity (Wildman–Crippen MR) is 61.3 cm³/mol. The largest absolute Gasteiger partial charge is 0.503 e. The van der Waals surface area contributed by atoms with Crippen LogP contribution in [-0.4, -0.2) is 41.6 Å². The third kappa shape index (κ3) is 2.51. The first kappa shape index (κ1) is 13.7. The van der Waals surface area contributed by atoms with Crippen LogP contribution in [-0.2, 0) is 0 Å². The second-order valence-corrected chi connectivity index (χ2v) is 4.49. The Morgan fingerprint density at radius 2 is 2.11 bits per heavy atom. The number of rotatable bonds is 1. The topological polar surface area (TPSA) is 52.6 Å². The van der Waals surface area contributed by atoms with Gasteiger partial charge < -0.3 is 15.3 Å². The second kappa shape index (κ2) is 5.08. The molecular formula is C12H13F3N2O2. The number of benzene rings is 1. The number of halogens is 3. The van der Waals surface area contributed by atoms with Crippen LogP contribution in [0, 0.1) is 17.5 Å². The van der Waals surface area contributed by atoms with Crippen molar-refractivity contribution in [1.29, 1.82) is 0 Å². The molecule has 1 aliphatic rings. The van der Waals surface area contributed by atoms with Gasteiger partial charge in [0.15, 0.2) is 17.4 Å². The number of phenols is 1. The smallest absolute Gasteiger partial charge is 0.257 e. The molecular weight excluding hydrogens is 261 g/mol. The number of piperazine rings is 1. The van der Waals surface area contributed by atoms with Crippen molar-refractivity contribution in [2.45, 2.75) is 13.0 Å². The van der Waals surface area contributed by atoms with Gasteiger partial charge in [0, 0.05) is 25.7 Å². The van der Waals surface area contributed by atoms with Crippen molar-refractivity contribution in [3.8, 4) is 5.75 Å². The lowest BCUT2D eigenvalue weighted by molar-refractivity contribution is 0.0702. The van der Waals surface area contributed by atoms with Gasteiger partial charge >= 0.3 is 0 Å². The number of hydrogen-bond acceptors (Lipinski definition) is 3. The van der Waals surface area contributed by atoms with Gasteiger partial charge in [0.2, 0.25) is 5.82 Å². The average molecular weight is 274 g/mol. The van der Waals surface area contributed by atoms with E-state index in [1.807, 2.05) is 6.92 Å². The molecule has 1 aliphatic heterocycles. The predicted octanol–water partition coefficient (Wildman–Crippen LogP) is 1.24. The molecule has 0 saturated carbocycles. The number of amides is 1. The number of phenolic OH excluding ortho intramolecular Hbond substituents is 1. The van der Waals surface area contributed by atoms with E-state index in [1.165, 1.54) is 4.90 Å². The monoisotopic (exact) mass is 274 g/mol. The van der Waals surface area contributed by atoms with Crippen LogP contribution >= 0.6 is 0 Å². The van der Waals surface area contributed by atoms with Crippen molar-refractivity contribution in [3.63, 3.8) is 0 Å². The van der Waals surface area contributed by atoms with Gasteiger partial charge in [-0.25, -0.2) is 8.78 Å². The first-order chi connectivity index (χ1) is 8.91. The summed E-state index contributed by atoms with van der Waals surface area (Å²) in [5, 5.41) is 12.2. The molecule has 1 aromatic rings. The zero-order chi connectivity index (χ0) is 14.2. The Balaban J connectivity index is 2.34. The lowest BCUT2D eigenvalue weighted by Gasteiger charge is -2.32. The number of carbonyl (C=O) groups excluding carboxylic acids is 1. The number of hydrogen-bond donors (Lipinski definition) is 2. The molecule has 1 amide bonds. The van der Waals surface area contributed by atoms with E-state index < -0.39 is 34.7 Å². The molecule has 4 nitrogen and oxygen atoms in total. The van der Waals surface area contributed by atoms with Crippen molar-refractivity contribution in [2.75, 3.05) is 19.6 Å². The number of carbonyl (C=O) groups is 1. The second-order valence-electron chi connectivity index (χ2n) is 4.49. The summed E-state index contributed by atoms with van der Waals surface area (Å²) in [6.45, 7) is 3.04. The van der Waals surface area contributed by atoms with Gasteiger partial charge in [0.25, 0.3) is 5.91 Å². The van der Waals surface area contributed by atoms with Crippen molar-refractivity contribution in [2.24, 2.45) is 0 Å². The number of nitrogens with one attached hydrogen (secondary N) is 1. The van der Waals surface area contributed by atoms with Gasteiger partial charge in [-0.2, -0.15) is 4.39 Å². The van der Waals surface area contributed by atoms with Gasteiger partial charge in [-0.1, -0.05) is 0 Å². The van der Waals surface area contributed by atoms with Crippen molar-refractivity contribution in [3.05, 3.63) is 29.1 Å². The molecule has 7 heteroatoms. The first-order valence-electron chi connectivity index (χ1n) is 5.81. The van der Waals surface area contributed by atoms with E-state index in [-0.39, 0.29) is 6.04 Å². The quantitative estimate of drug-likeness (QED) is 0.758. The van der Waals surface area contributed by atoms with Crippen LogP contribution in [0.15, 0.2) is 6.07 Å². The van der Waals surface area contributed by atoms with Crippen LogP contribution < -0.4 is 5.32 Å². The summed E-state index contributed by atoms with van der Waals surface area (Å²) < 4.78 is 39.7. The summed E-state index contributed by atoms with van der Waals surface area (Å²) in [5.41, 5.74) is -0.662. The molecule has 1 fully saturated rings. The van der Waals surface area contributed by atoms with Crippen LogP contribution in [0.4, 0.5) is 13.2 Å². The Labute approximate surface area is 107 Å².